The van der Waals surface area contributed by atoms with Crippen LogP contribution in [0.25, 0.3) is 5.70 Å². The average molecular weight is 319 g/mol. The molecule has 0 fully saturated rings. The van der Waals surface area contributed by atoms with Crippen molar-refractivity contribution in [1.82, 2.24) is 5.32 Å². The summed E-state index contributed by atoms with van der Waals surface area (Å²) in [5.74, 6) is 1.04. The smallest absolute Gasteiger partial charge is 0.0809 e. The van der Waals surface area contributed by atoms with Gasteiger partial charge in [0.15, 0.2) is 0 Å². The number of nitrogen functional groups attached to an aromatic ring is 4. The zero-order valence-corrected chi connectivity index (χ0v) is 15.2. The number of hydrogen-bond acceptors (Lipinski definition) is 5. The van der Waals surface area contributed by atoms with Gasteiger partial charge in [-0.05, 0) is 24.3 Å². The lowest BCUT2D eigenvalue weighted by molar-refractivity contribution is 0.295. The molecule has 1 atom stereocenters. The Morgan fingerprint density at radius 2 is 1.43 bits per heavy atom. The highest BCUT2D eigenvalue weighted by atomic mass is 14.9. The van der Waals surface area contributed by atoms with Gasteiger partial charge < -0.3 is 28.3 Å². The van der Waals surface area contributed by atoms with E-state index in [9.17, 15) is 0 Å². The van der Waals surface area contributed by atoms with Gasteiger partial charge in [-0.3, -0.25) is 0 Å². The highest BCUT2D eigenvalue weighted by Crippen LogP contribution is 2.39. The molecule has 0 bridgehead atoms. The van der Waals surface area contributed by atoms with Gasteiger partial charge in [0.1, 0.15) is 0 Å². The van der Waals surface area contributed by atoms with Crippen LogP contribution in [-0.2, 0) is 0 Å². The maximum absolute atomic E-state index is 6.19. The van der Waals surface area contributed by atoms with Gasteiger partial charge in [0.25, 0.3) is 0 Å². The normalized spacial score (nSPS) is 12.7. The van der Waals surface area contributed by atoms with E-state index in [2.05, 4.69) is 39.6 Å². The van der Waals surface area contributed by atoms with Crippen LogP contribution in [0.1, 0.15) is 51.7 Å². The second-order valence-electron chi connectivity index (χ2n) is 6.62. The first-order chi connectivity index (χ1) is 10.7. The van der Waals surface area contributed by atoms with Crippen molar-refractivity contribution in [2.24, 2.45) is 11.8 Å². The van der Waals surface area contributed by atoms with Crippen molar-refractivity contribution < 1.29 is 0 Å². The quantitative estimate of drug-likeness (QED) is 0.494. The molecule has 1 rings (SSSR count). The van der Waals surface area contributed by atoms with Crippen molar-refractivity contribution in [2.75, 3.05) is 22.9 Å². The van der Waals surface area contributed by atoms with E-state index in [0.717, 1.165) is 29.7 Å². The Labute approximate surface area is 140 Å². The number of rotatable bonds is 7. The molecule has 0 aliphatic rings. The Bertz CT molecular complexity index is 544. The lowest BCUT2D eigenvalue weighted by atomic mass is 9.86. The van der Waals surface area contributed by atoms with Gasteiger partial charge in [0.2, 0.25) is 0 Å². The van der Waals surface area contributed by atoms with E-state index in [1.807, 2.05) is 6.92 Å². The second-order valence-corrected chi connectivity index (χ2v) is 6.62. The summed E-state index contributed by atoms with van der Waals surface area (Å²) in [5.41, 5.74) is 28.1. The van der Waals surface area contributed by atoms with Crippen molar-refractivity contribution in [2.45, 2.75) is 53.5 Å². The number of benzene rings is 1. The Balaban J connectivity index is 3.25. The fraction of sp³-hybridized carbons (Fsp3) is 0.556. The van der Waals surface area contributed by atoms with Gasteiger partial charge in [0, 0.05) is 17.3 Å². The summed E-state index contributed by atoms with van der Waals surface area (Å²) < 4.78 is 0. The molecule has 23 heavy (non-hydrogen) atoms. The Morgan fingerprint density at radius 1 is 0.957 bits per heavy atom. The van der Waals surface area contributed by atoms with Crippen LogP contribution in [0, 0.1) is 18.8 Å². The lowest BCUT2D eigenvalue weighted by Gasteiger charge is -2.32. The summed E-state index contributed by atoms with van der Waals surface area (Å²) in [4.78, 5) is 0. The van der Waals surface area contributed by atoms with Crippen LogP contribution >= 0.6 is 0 Å². The summed E-state index contributed by atoms with van der Waals surface area (Å²) in [6, 6.07) is 0.316. The molecule has 0 saturated heterocycles. The molecule has 0 amide bonds. The molecule has 130 valence electrons. The van der Waals surface area contributed by atoms with Gasteiger partial charge in [-0.15, -0.1) is 0 Å². The van der Waals surface area contributed by atoms with E-state index in [-0.39, 0.29) is 0 Å². The third-order valence-corrected chi connectivity index (χ3v) is 4.84. The largest absolute Gasteiger partial charge is 0.397 e. The van der Waals surface area contributed by atoms with Crippen molar-refractivity contribution in [1.29, 1.82) is 0 Å². The number of anilines is 4. The van der Waals surface area contributed by atoms with Crippen LogP contribution in [0.3, 0.4) is 0 Å². The highest BCUT2D eigenvalue weighted by molar-refractivity contribution is 5.96. The van der Waals surface area contributed by atoms with Crippen molar-refractivity contribution in [3.8, 4) is 0 Å². The Kier molecular flexibility index (Phi) is 6.19. The monoisotopic (exact) mass is 319 g/mol. The number of hydrogen-bond donors (Lipinski definition) is 5. The van der Waals surface area contributed by atoms with Crippen molar-refractivity contribution in [3.05, 3.63) is 17.7 Å². The van der Waals surface area contributed by atoms with E-state index in [1.54, 1.807) is 0 Å². The van der Waals surface area contributed by atoms with E-state index in [1.165, 1.54) is 0 Å². The lowest BCUT2D eigenvalue weighted by Crippen LogP contribution is -2.39. The fourth-order valence-corrected chi connectivity index (χ4v) is 3.25. The van der Waals surface area contributed by atoms with Crippen LogP contribution in [0.2, 0.25) is 0 Å². The van der Waals surface area contributed by atoms with Crippen molar-refractivity contribution in [3.63, 3.8) is 0 Å². The minimum atomic E-state index is 0.316. The van der Waals surface area contributed by atoms with Crippen LogP contribution < -0.4 is 28.3 Å². The molecular formula is C18H33N5. The summed E-state index contributed by atoms with van der Waals surface area (Å²) in [5, 5.41) is 3.56. The summed E-state index contributed by atoms with van der Waals surface area (Å²) in [6.07, 6.45) is 2.22. The molecule has 1 unspecified atom stereocenters. The molecule has 0 aromatic heterocycles. The summed E-state index contributed by atoms with van der Waals surface area (Å²) in [7, 11) is 0. The minimum absolute atomic E-state index is 0.316. The number of nitrogens with one attached hydrogen (secondary N) is 1. The molecule has 0 saturated carbocycles. The first kappa shape index (κ1) is 19.0. The van der Waals surface area contributed by atoms with Crippen molar-refractivity contribution >= 4 is 28.4 Å². The summed E-state index contributed by atoms with van der Waals surface area (Å²) in [6.45, 7) is 14.9. The van der Waals surface area contributed by atoms with Gasteiger partial charge in [-0.25, -0.2) is 0 Å². The van der Waals surface area contributed by atoms with Crippen LogP contribution in [0.5, 0.6) is 0 Å². The van der Waals surface area contributed by atoms with Gasteiger partial charge in [0.05, 0.1) is 22.7 Å². The third-order valence-electron chi connectivity index (χ3n) is 4.84. The van der Waals surface area contributed by atoms with Crippen LogP contribution in [-0.4, -0.2) is 6.04 Å². The molecular weight excluding hydrogens is 286 g/mol. The molecule has 1 aromatic carbocycles. The summed E-state index contributed by atoms with van der Waals surface area (Å²) >= 11 is 0. The van der Waals surface area contributed by atoms with E-state index in [0.29, 0.717) is 40.6 Å². The molecule has 9 N–H and O–H groups in total. The first-order valence-electron chi connectivity index (χ1n) is 8.35. The predicted molar refractivity (Wildman–Crippen MR) is 104 cm³/mol. The van der Waals surface area contributed by atoms with Gasteiger partial charge in [-0.1, -0.05) is 47.1 Å². The molecule has 1 aromatic rings. The molecule has 5 heteroatoms. The zero-order chi connectivity index (χ0) is 17.9. The molecule has 0 spiro atoms. The number of nitrogens with two attached hydrogens (primary N) is 4. The topological polar surface area (TPSA) is 116 Å². The van der Waals surface area contributed by atoms with Gasteiger partial charge in [-0.2, -0.15) is 0 Å². The SMILES string of the molecule is C=C(NC(C(C)C)C(CC)CC)c1c(C)c(N)c(N)c(N)c1N. The molecule has 0 radical (unpaired) electrons. The van der Waals surface area contributed by atoms with E-state index in [4.69, 9.17) is 22.9 Å². The Morgan fingerprint density at radius 3 is 1.87 bits per heavy atom. The van der Waals surface area contributed by atoms with Gasteiger partial charge >= 0.3 is 0 Å². The van der Waals surface area contributed by atoms with E-state index >= 15 is 0 Å². The maximum atomic E-state index is 6.19. The predicted octanol–water partition coefficient (Wildman–Crippen LogP) is 3.34. The Hall–Kier alpha value is -2.04. The molecule has 0 heterocycles. The average Bonchev–Trinajstić information content (AvgIpc) is 2.51. The van der Waals surface area contributed by atoms with E-state index < -0.39 is 0 Å². The maximum Gasteiger partial charge on any atom is 0.0809 e. The molecule has 0 aliphatic heterocycles. The van der Waals surface area contributed by atoms with Crippen LogP contribution in [0.15, 0.2) is 6.58 Å². The molecule has 0 aliphatic carbocycles. The third kappa shape index (κ3) is 3.66. The van der Waals surface area contributed by atoms with Crippen LogP contribution in [0.4, 0.5) is 22.7 Å². The molecule has 5 nitrogen and oxygen atoms in total. The minimum Gasteiger partial charge on any atom is -0.397 e. The fourth-order valence-electron chi connectivity index (χ4n) is 3.25. The zero-order valence-electron chi connectivity index (χ0n) is 15.2. The second kappa shape index (κ2) is 7.49. The standard InChI is InChI=1S/C18H33N5/c1-7-12(8-2)18(9(3)4)23-11(6)13-10(5)14(19)16(21)17(22)15(13)20/h9,12,18,23H,6-8,19-22H2,1-5H3. The highest BCUT2D eigenvalue weighted by Gasteiger charge is 2.24. The first-order valence-corrected chi connectivity index (χ1v) is 8.35.